The maximum Gasteiger partial charge on any atom is 0.0746 e. The summed E-state index contributed by atoms with van der Waals surface area (Å²) in [7, 11) is 2.13. The van der Waals surface area contributed by atoms with Crippen LogP contribution in [0.1, 0.15) is 29.9 Å². The molecule has 3 heterocycles. The minimum absolute atomic E-state index is 0.305. The van der Waals surface area contributed by atoms with Crippen molar-refractivity contribution in [2.75, 3.05) is 11.9 Å². The van der Waals surface area contributed by atoms with Gasteiger partial charge in [-0.15, -0.1) is 0 Å². The van der Waals surface area contributed by atoms with E-state index in [0.29, 0.717) is 12.0 Å². The predicted molar refractivity (Wildman–Crippen MR) is 74.8 cm³/mol. The average Bonchev–Trinajstić information content (AvgIpc) is 2.95. The molecule has 3 nitrogen and oxygen atoms in total. The van der Waals surface area contributed by atoms with Crippen LogP contribution in [0.3, 0.4) is 0 Å². The molecule has 1 aliphatic heterocycles. The average molecular weight is 239 g/mol. The Kier molecular flexibility index (Phi) is 2.47. The number of fused-ring (bicyclic) bond motifs is 1. The van der Waals surface area contributed by atoms with Crippen LogP contribution >= 0.6 is 0 Å². The molecule has 1 aliphatic rings. The first-order valence-electron chi connectivity index (χ1n) is 6.21. The Balaban J connectivity index is 2.09. The van der Waals surface area contributed by atoms with E-state index in [2.05, 4.69) is 53.6 Å². The van der Waals surface area contributed by atoms with Gasteiger partial charge in [0.15, 0.2) is 0 Å². The molecule has 0 radical (unpaired) electrons. The molecule has 2 atom stereocenters. The van der Waals surface area contributed by atoms with Crippen molar-refractivity contribution in [1.82, 2.24) is 9.97 Å². The third-order valence-electron chi connectivity index (χ3n) is 3.87. The number of nitrogens with zero attached hydrogens (tertiary/aromatic N) is 2. The zero-order valence-electron chi connectivity index (χ0n) is 10.7. The lowest BCUT2D eigenvalue weighted by Crippen LogP contribution is -2.27. The first kappa shape index (κ1) is 11.1. The molecule has 3 rings (SSSR count). The van der Waals surface area contributed by atoms with Gasteiger partial charge in [0.2, 0.25) is 0 Å². The van der Waals surface area contributed by atoms with E-state index in [4.69, 9.17) is 0 Å². The van der Waals surface area contributed by atoms with Crippen molar-refractivity contribution in [2.24, 2.45) is 0 Å². The third kappa shape index (κ3) is 1.47. The fourth-order valence-corrected chi connectivity index (χ4v) is 2.76. The second kappa shape index (κ2) is 4.02. The van der Waals surface area contributed by atoms with Gasteiger partial charge in [-0.05, 0) is 37.3 Å². The molecular weight excluding hydrogens is 222 g/mol. The molecule has 92 valence electrons. The van der Waals surface area contributed by atoms with E-state index in [1.165, 1.54) is 11.4 Å². The third-order valence-corrected chi connectivity index (χ3v) is 3.87. The van der Waals surface area contributed by atoms with Crippen LogP contribution in [0.15, 0.2) is 37.0 Å². The molecule has 0 fully saturated rings. The Morgan fingerprint density at radius 3 is 2.94 bits per heavy atom. The second-order valence-corrected chi connectivity index (χ2v) is 4.81. The minimum atomic E-state index is 0.305. The van der Waals surface area contributed by atoms with E-state index in [9.17, 15) is 0 Å². The number of hydrogen-bond donors (Lipinski definition) is 1. The van der Waals surface area contributed by atoms with Crippen LogP contribution in [0.2, 0.25) is 0 Å². The lowest BCUT2D eigenvalue weighted by molar-refractivity contribution is 0.635. The Hall–Kier alpha value is -2.03. The number of anilines is 1. The summed E-state index contributed by atoms with van der Waals surface area (Å²) in [6.07, 6.45) is 3.71. The number of hydrogen-bond acceptors (Lipinski definition) is 2. The van der Waals surface area contributed by atoms with Crippen molar-refractivity contribution in [3.8, 4) is 0 Å². The predicted octanol–water partition coefficient (Wildman–Crippen LogP) is 3.02. The minimum Gasteiger partial charge on any atom is -0.369 e. The molecule has 0 bridgehead atoms. The standard InChI is InChI=1S/C15H17N3/c1-4-11-7-8-12(17-11)14-10(2)18(3)13-6-5-9-16-15(13)14/h4-10,14,17H,1H2,2-3H3. The maximum atomic E-state index is 4.57. The molecule has 2 unspecified atom stereocenters. The van der Waals surface area contributed by atoms with Crippen LogP contribution in [0.4, 0.5) is 5.69 Å². The Morgan fingerprint density at radius 2 is 2.22 bits per heavy atom. The molecule has 1 N–H and O–H groups in total. The van der Waals surface area contributed by atoms with E-state index >= 15 is 0 Å². The Labute approximate surface area is 107 Å². The van der Waals surface area contributed by atoms with Crippen molar-refractivity contribution in [3.63, 3.8) is 0 Å². The SMILES string of the molecule is C=Cc1ccc(C2c3ncccc3N(C)C2C)[nH]1. The quantitative estimate of drug-likeness (QED) is 0.873. The summed E-state index contributed by atoms with van der Waals surface area (Å²) >= 11 is 0. The van der Waals surface area contributed by atoms with Gasteiger partial charge in [-0.1, -0.05) is 6.58 Å². The van der Waals surface area contributed by atoms with Gasteiger partial charge < -0.3 is 9.88 Å². The van der Waals surface area contributed by atoms with Crippen molar-refractivity contribution < 1.29 is 0 Å². The van der Waals surface area contributed by atoms with Crippen molar-refractivity contribution in [1.29, 1.82) is 0 Å². The normalized spacial score (nSPS) is 22.0. The maximum absolute atomic E-state index is 4.57. The highest BCUT2D eigenvalue weighted by molar-refractivity contribution is 5.60. The van der Waals surface area contributed by atoms with Gasteiger partial charge in [-0.3, -0.25) is 4.98 Å². The van der Waals surface area contributed by atoms with E-state index in [0.717, 1.165) is 11.4 Å². The zero-order valence-corrected chi connectivity index (χ0v) is 10.7. The summed E-state index contributed by atoms with van der Waals surface area (Å²) in [4.78, 5) is 10.3. The van der Waals surface area contributed by atoms with Crippen molar-refractivity contribution in [3.05, 3.63) is 54.1 Å². The number of pyridine rings is 1. The Morgan fingerprint density at radius 1 is 1.39 bits per heavy atom. The van der Waals surface area contributed by atoms with Crippen LogP contribution in [0.25, 0.3) is 6.08 Å². The van der Waals surface area contributed by atoms with Crippen molar-refractivity contribution >= 4 is 11.8 Å². The molecule has 0 aromatic carbocycles. The van der Waals surface area contributed by atoms with E-state index in [-0.39, 0.29) is 0 Å². The number of aromatic nitrogens is 2. The molecule has 2 aromatic heterocycles. The van der Waals surface area contributed by atoms with Gasteiger partial charge in [0, 0.05) is 30.7 Å². The molecule has 0 saturated carbocycles. The summed E-state index contributed by atoms with van der Waals surface area (Å²) in [6, 6.07) is 8.74. The van der Waals surface area contributed by atoms with E-state index in [1.54, 1.807) is 0 Å². The summed E-state index contributed by atoms with van der Waals surface area (Å²) in [5.41, 5.74) is 4.65. The van der Waals surface area contributed by atoms with Gasteiger partial charge in [-0.2, -0.15) is 0 Å². The summed E-state index contributed by atoms with van der Waals surface area (Å²) in [5.74, 6) is 0.305. The monoisotopic (exact) mass is 239 g/mol. The zero-order chi connectivity index (χ0) is 12.7. The summed E-state index contributed by atoms with van der Waals surface area (Å²) < 4.78 is 0. The number of rotatable bonds is 2. The van der Waals surface area contributed by atoms with Crippen LogP contribution in [-0.4, -0.2) is 23.1 Å². The summed E-state index contributed by atoms with van der Waals surface area (Å²) in [5, 5.41) is 0. The topological polar surface area (TPSA) is 31.9 Å². The van der Waals surface area contributed by atoms with Crippen molar-refractivity contribution in [2.45, 2.75) is 18.9 Å². The number of H-pyrrole nitrogens is 1. The van der Waals surface area contributed by atoms with Gasteiger partial charge in [0.05, 0.1) is 17.3 Å². The Bertz CT molecular complexity index is 585. The first-order valence-corrected chi connectivity index (χ1v) is 6.21. The molecule has 3 heteroatoms. The molecule has 0 amide bonds. The highest BCUT2D eigenvalue weighted by Gasteiger charge is 2.36. The van der Waals surface area contributed by atoms with Gasteiger partial charge in [-0.25, -0.2) is 0 Å². The summed E-state index contributed by atoms with van der Waals surface area (Å²) in [6.45, 7) is 6.03. The molecule has 0 spiro atoms. The number of likely N-dealkylation sites (N-methyl/N-ethyl adjacent to an activating group) is 1. The molecule has 18 heavy (non-hydrogen) atoms. The smallest absolute Gasteiger partial charge is 0.0746 e. The highest BCUT2D eigenvalue weighted by atomic mass is 15.2. The largest absolute Gasteiger partial charge is 0.369 e. The highest BCUT2D eigenvalue weighted by Crippen LogP contribution is 2.41. The van der Waals surface area contributed by atoms with E-state index in [1.807, 2.05) is 18.3 Å². The fourth-order valence-electron chi connectivity index (χ4n) is 2.76. The first-order chi connectivity index (χ1) is 8.72. The number of nitrogens with one attached hydrogen (secondary N) is 1. The van der Waals surface area contributed by atoms with Crippen LogP contribution in [0.5, 0.6) is 0 Å². The van der Waals surface area contributed by atoms with E-state index < -0.39 is 0 Å². The van der Waals surface area contributed by atoms with Crippen LogP contribution < -0.4 is 4.90 Å². The lowest BCUT2D eigenvalue weighted by atomic mass is 9.97. The molecular formula is C15H17N3. The van der Waals surface area contributed by atoms with Gasteiger partial charge in [0.1, 0.15) is 0 Å². The van der Waals surface area contributed by atoms with Crippen LogP contribution in [0, 0.1) is 0 Å². The van der Waals surface area contributed by atoms with Crippen LogP contribution in [-0.2, 0) is 0 Å². The molecule has 0 aliphatic carbocycles. The second-order valence-electron chi connectivity index (χ2n) is 4.81. The fraction of sp³-hybridized carbons (Fsp3) is 0.267. The van der Waals surface area contributed by atoms with Gasteiger partial charge >= 0.3 is 0 Å². The number of aromatic amines is 1. The van der Waals surface area contributed by atoms with Gasteiger partial charge in [0.25, 0.3) is 0 Å². The molecule has 2 aromatic rings. The molecule has 0 saturated heterocycles. The lowest BCUT2D eigenvalue weighted by Gasteiger charge is -2.21.